The number of carboxylic acid groups (broad SMARTS) is 1. The lowest BCUT2D eigenvalue weighted by atomic mass is 9.93. The maximum absolute atomic E-state index is 12.6. The number of thiophene rings is 1. The second-order valence-corrected chi connectivity index (χ2v) is 7.07. The van der Waals surface area contributed by atoms with Crippen molar-refractivity contribution in [3.8, 4) is 0 Å². The number of amides is 2. The molecule has 0 saturated carbocycles. The Labute approximate surface area is 154 Å². The number of carbonyl (C=O) groups is 3. The summed E-state index contributed by atoms with van der Waals surface area (Å²) < 4.78 is 5.28. The molecule has 1 atom stereocenters. The minimum absolute atomic E-state index is 0.167. The van der Waals surface area contributed by atoms with E-state index in [1.165, 1.54) is 11.3 Å². The Bertz CT molecular complexity index is 813. The van der Waals surface area contributed by atoms with Gasteiger partial charge in [-0.3, -0.25) is 14.4 Å². The zero-order valence-electron chi connectivity index (χ0n) is 13.9. The second-order valence-electron chi connectivity index (χ2n) is 6.12. The van der Waals surface area contributed by atoms with Crippen molar-refractivity contribution >= 4 is 34.8 Å². The first-order valence-electron chi connectivity index (χ1n) is 8.04. The molecule has 3 rings (SSSR count). The molecule has 1 aromatic carbocycles. The van der Waals surface area contributed by atoms with Gasteiger partial charge in [0, 0.05) is 17.9 Å². The van der Waals surface area contributed by atoms with Crippen LogP contribution < -0.4 is 10.6 Å². The SMILES string of the molecule is O=C(O)CC1(NC(=O)c2cccc(NC(=O)c3cccs3)c2)CCOC1. The van der Waals surface area contributed by atoms with Crippen LogP contribution >= 0.6 is 11.3 Å². The van der Waals surface area contributed by atoms with Crippen LogP contribution in [0, 0.1) is 0 Å². The van der Waals surface area contributed by atoms with Crippen molar-refractivity contribution in [2.45, 2.75) is 18.4 Å². The molecule has 2 amide bonds. The van der Waals surface area contributed by atoms with Crippen molar-refractivity contribution in [3.63, 3.8) is 0 Å². The molecular formula is C18H18N2O5S. The average molecular weight is 374 g/mol. The van der Waals surface area contributed by atoms with E-state index in [0.29, 0.717) is 29.2 Å². The van der Waals surface area contributed by atoms with E-state index in [-0.39, 0.29) is 18.9 Å². The van der Waals surface area contributed by atoms with Crippen LogP contribution in [-0.2, 0) is 9.53 Å². The summed E-state index contributed by atoms with van der Waals surface area (Å²) in [7, 11) is 0. The number of hydrogen-bond donors (Lipinski definition) is 3. The van der Waals surface area contributed by atoms with Crippen molar-refractivity contribution in [2.24, 2.45) is 0 Å². The third kappa shape index (κ3) is 4.27. The lowest BCUT2D eigenvalue weighted by molar-refractivity contribution is -0.138. The maximum Gasteiger partial charge on any atom is 0.305 e. The summed E-state index contributed by atoms with van der Waals surface area (Å²) >= 11 is 1.33. The van der Waals surface area contributed by atoms with Gasteiger partial charge in [0.05, 0.1) is 23.4 Å². The standard InChI is InChI=1S/C18H18N2O5S/c21-15(22)10-18(6-7-25-11-18)20-16(23)12-3-1-4-13(9-12)19-17(24)14-5-2-8-26-14/h1-5,8-9H,6-7,10-11H2,(H,19,24)(H,20,23)(H,21,22). The summed E-state index contributed by atoms with van der Waals surface area (Å²) in [6.45, 7) is 0.574. The summed E-state index contributed by atoms with van der Waals surface area (Å²) in [5, 5.41) is 16.5. The summed E-state index contributed by atoms with van der Waals surface area (Å²) in [5.41, 5.74) is -0.0734. The Kier molecular flexibility index (Phi) is 5.34. The van der Waals surface area contributed by atoms with E-state index in [4.69, 9.17) is 9.84 Å². The summed E-state index contributed by atoms with van der Waals surface area (Å²) in [6, 6.07) is 10.0. The number of nitrogens with one attached hydrogen (secondary N) is 2. The van der Waals surface area contributed by atoms with Gasteiger partial charge in [-0.2, -0.15) is 0 Å². The van der Waals surface area contributed by atoms with Crippen LogP contribution in [0.5, 0.6) is 0 Å². The van der Waals surface area contributed by atoms with Gasteiger partial charge in [0.1, 0.15) is 0 Å². The predicted octanol–water partition coefficient (Wildman–Crippen LogP) is 2.36. The Morgan fingerprint density at radius 1 is 1.19 bits per heavy atom. The molecule has 2 aromatic rings. The topological polar surface area (TPSA) is 105 Å². The van der Waals surface area contributed by atoms with Crippen LogP contribution in [0.25, 0.3) is 0 Å². The van der Waals surface area contributed by atoms with Gasteiger partial charge in [0.15, 0.2) is 0 Å². The molecular weight excluding hydrogens is 356 g/mol. The lowest BCUT2D eigenvalue weighted by Gasteiger charge is -2.27. The van der Waals surface area contributed by atoms with Crippen LogP contribution in [0.15, 0.2) is 41.8 Å². The molecule has 0 bridgehead atoms. The number of benzene rings is 1. The maximum atomic E-state index is 12.6. The number of ether oxygens (including phenoxy) is 1. The van der Waals surface area contributed by atoms with E-state index in [1.807, 2.05) is 5.38 Å². The highest BCUT2D eigenvalue weighted by atomic mass is 32.1. The van der Waals surface area contributed by atoms with Gasteiger partial charge in [0.2, 0.25) is 0 Å². The summed E-state index contributed by atoms with van der Waals surface area (Å²) in [6.07, 6.45) is 0.243. The van der Waals surface area contributed by atoms with E-state index in [0.717, 1.165) is 0 Å². The van der Waals surface area contributed by atoms with Crippen LogP contribution in [-0.4, -0.2) is 41.6 Å². The fraction of sp³-hybridized carbons (Fsp3) is 0.278. The Morgan fingerprint density at radius 3 is 2.69 bits per heavy atom. The minimum Gasteiger partial charge on any atom is -0.481 e. The van der Waals surface area contributed by atoms with Crippen molar-refractivity contribution in [1.29, 1.82) is 0 Å². The molecule has 7 nitrogen and oxygen atoms in total. The zero-order valence-corrected chi connectivity index (χ0v) is 14.7. The number of anilines is 1. The molecule has 1 aliphatic heterocycles. The van der Waals surface area contributed by atoms with Crippen LogP contribution in [0.2, 0.25) is 0 Å². The highest BCUT2D eigenvalue weighted by Crippen LogP contribution is 2.24. The van der Waals surface area contributed by atoms with Crippen LogP contribution in [0.4, 0.5) is 5.69 Å². The van der Waals surface area contributed by atoms with Crippen LogP contribution in [0.1, 0.15) is 32.9 Å². The molecule has 1 unspecified atom stereocenters. The Balaban J connectivity index is 1.71. The third-order valence-electron chi connectivity index (χ3n) is 4.10. The van der Waals surface area contributed by atoms with Gasteiger partial charge in [-0.25, -0.2) is 0 Å². The van der Waals surface area contributed by atoms with Gasteiger partial charge in [0.25, 0.3) is 11.8 Å². The van der Waals surface area contributed by atoms with Gasteiger partial charge in [-0.05, 0) is 36.1 Å². The van der Waals surface area contributed by atoms with E-state index in [1.54, 1.807) is 36.4 Å². The first-order chi connectivity index (χ1) is 12.5. The summed E-state index contributed by atoms with van der Waals surface area (Å²) in [4.78, 5) is 36.4. The quantitative estimate of drug-likeness (QED) is 0.720. The molecule has 1 aliphatic rings. The van der Waals surface area contributed by atoms with Crippen molar-refractivity contribution < 1.29 is 24.2 Å². The van der Waals surface area contributed by atoms with Gasteiger partial charge in [-0.1, -0.05) is 12.1 Å². The minimum atomic E-state index is -0.993. The number of carbonyl (C=O) groups excluding carboxylic acids is 2. The highest BCUT2D eigenvalue weighted by Gasteiger charge is 2.38. The largest absolute Gasteiger partial charge is 0.481 e. The zero-order chi connectivity index (χ0) is 18.6. The number of hydrogen-bond acceptors (Lipinski definition) is 5. The molecule has 0 spiro atoms. The van der Waals surface area contributed by atoms with Gasteiger partial charge in [-0.15, -0.1) is 11.3 Å². The molecule has 1 saturated heterocycles. The fourth-order valence-electron chi connectivity index (χ4n) is 2.83. The number of rotatable bonds is 6. The first kappa shape index (κ1) is 18.1. The molecule has 1 aromatic heterocycles. The summed E-state index contributed by atoms with van der Waals surface area (Å²) in [5.74, 6) is -1.64. The molecule has 0 aliphatic carbocycles. The van der Waals surface area contributed by atoms with Crippen LogP contribution in [0.3, 0.4) is 0 Å². The lowest BCUT2D eigenvalue weighted by Crippen LogP contribution is -2.50. The fourth-order valence-corrected chi connectivity index (χ4v) is 3.45. The molecule has 26 heavy (non-hydrogen) atoms. The Hall–Kier alpha value is -2.71. The van der Waals surface area contributed by atoms with E-state index in [2.05, 4.69) is 10.6 Å². The highest BCUT2D eigenvalue weighted by molar-refractivity contribution is 7.12. The second kappa shape index (κ2) is 7.67. The normalized spacial score (nSPS) is 19.1. The molecule has 2 heterocycles. The number of carboxylic acids is 1. The van der Waals surface area contributed by atoms with Gasteiger partial charge < -0.3 is 20.5 Å². The molecule has 1 fully saturated rings. The first-order valence-corrected chi connectivity index (χ1v) is 8.92. The third-order valence-corrected chi connectivity index (χ3v) is 4.97. The van der Waals surface area contributed by atoms with Gasteiger partial charge >= 0.3 is 5.97 Å². The molecule has 0 radical (unpaired) electrons. The average Bonchev–Trinajstić information content (AvgIpc) is 3.26. The van der Waals surface area contributed by atoms with Crippen molar-refractivity contribution in [2.75, 3.05) is 18.5 Å². The molecule has 3 N–H and O–H groups in total. The van der Waals surface area contributed by atoms with Crippen molar-refractivity contribution in [1.82, 2.24) is 5.32 Å². The van der Waals surface area contributed by atoms with E-state index in [9.17, 15) is 14.4 Å². The smallest absolute Gasteiger partial charge is 0.305 e. The van der Waals surface area contributed by atoms with Crippen molar-refractivity contribution in [3.05, 3.63) is 52.2 Å². The molecule has 8 heteroatoms. The Morgan fingerprint density at radius 2 is 2.04 bits per heavy atom. The number of aliphatic carboxylic acids is 1. The monoisotopic (exact) mass is 374 g/mol. The van der Waals surface area contributed by atoms with E-state index >= 15 is 0 Å². The predicted molar refractivity (Wildman–Crippen MR) is 96.6 cm³/mol. The molecule has 136 valence electrons. The van der Waals surface area contributed by atoms with E-state index < -0.39 is 17.4 Å².